The first-order valence-electron chi connectivity index (χ1n) is 6.19. The number of rotatable bonds is 4. The molecule has 1 rings (SSSR count). The summed E-state index contributed by atoms with van der Waals surface area (Å²) < 4.78 is 0. The highest BCUT2D eigenvalue weighted by molar-refractivity contribution is 5.70. The molecule has 15 heavy (non-hydrogen) atoms. The summed E-state index contributed by atoms with van der Waals surface area (Å²) in [4.78, 5) is 13.0. The minimum atomic E-state index is -0.624. The van der Waals surface area contributed by atoms with Crippen molar-refractivity contribution in [1.29, 1.82) is 0 Å². The summed E-state index contributed by atoms with van der Waals surface area (Å²) in [7, 11) is 0. The lowest BCUT2D eigenvalue weighted by Gasteiger charge is -2.30. The predicted octanol–water partition coefficient (Wildman–Crippen LogP) is 2.61. The molecule has 0 radical (unpaired) electrons. The van der Waals surface area contributed by atoms with Crippen LogP contribution in [0.2, 0.25) is 0 Å². The smallest absolute Gasteiger partial charge is 0.307 e. The van der Waals surface area contributed by atoms with Crippen molar-refractivity contribution < 1.29 is 9.90 Å². The van der Waals surface area contributed by atoms with Crippen LogP contribution in [-0.4, -0.2) is 35.6 Å². The van der Waals surface area contributed by atoms with Crippen LogP contribution in [-0.2, 0) is 4.79 Å². The zero-order valence-electron chi connectivity index (χ0n) is 10.3. The van der Waals surface area contributed by atoms with Crippen LogP contribution in [0.15, 0.2) is 0 Å². The van der Waals surface area contributed by atoms with Crippen molar-refractivity contribution in [2.45, 2.75) is 46.5 Å². The van der Waals surface area contributed by atoms with E-state index in [0.29, 0.717) is 0 Å². The second-order valence-electron chi connectivity index (χ2n) is 3.83. The summed E-state index contributed by atoms with van der Waals surface area (Å²) in [5.74, 6) is -0.744. The van der Waals surface area contributed by atoms with Crippen LogP contribution in [0, 0.1) is 5.92 Å². The number of hydrogen-bond donors (Lipinski definition) is 1. The summed E-state index contributed by atoms with van der Waals surface area (Å²) in [6, 6.07) is 0. The fraction of sp³-hybridized carbons (Fsp3) is 0.917. The van der Waals surface area contributed by atoms with Crippen LogP contribution >= 0.6 is 0 Å². The van der Waals surface area contributed by atoms with Crippen molar-refractivity contribution >= 4 is 5.97 Å². The second kappa shape index (κ2) is 8.72. The zero-order chi connectivity index (χ0) is 11.7. The number of nitrogens with zero attached hydrogens (tertiary/aromatic N) is 1. The first kappa shape index (κ1) is 14.4. The van der Waals surface area contributed by atoms with E-state index < -0.39 is 5.97 Å². The third-order valence-electron chi connectivity index (χ3n) is 2.68. The fourth-order valence-corrected chi connectivity index (χ4v) is 1.84. The molecule has 1 saturated heterocycles. The summed E-state index contributed by atoms with van der Waals surface area (Å²) in [6.07, 6.45) is 4.28. The largest absolute Gasteiger partial charge is 0.481 e. The third-order valence-corrected chi connectivity index (χ3v) is 2.68. The molecule has 0 aromatic carbocycles. The van der Waals surface area contributed by atoms with Gasteiger partial charge in [-0.15, -0.1) is 0 Å². The Morgan fingerprint density at radius 3 is 2.67 bits per heavy atom. The molecule has 3 nitrogen and oxygen atoms in total. The van der Waals surface area contributed by atoms with E-state index >= 15 is 0 Å². The van der Waals surface area contributed by atoms with Crippen LogP contribution in [0.3, 0.4) is 0 Å². The molecule has 3 heteroatoms. The van der Waals surface area contributed by atoms with Gasteiger partial charge in [0.05, 0.1) is 5.92 Å². The average molecular weight is 215 g/mol. The topological polar surface area (TPSA) is 40.5 Å². The molecule has 1 aliphatic rings. The molecular weight excluding hydrogens is 190 g/mol. The van der Waals surface area contributed by atoms with E-state index in [1.807, 2.05) is 13.8 Å². The number of hydrogen-bond acceptors (Lipinski definition) is 2. The number of piperidine rings is 1. The Bertz CT molecular complexity index is 171. The fourth-order valence-electron chi connectivity index (χ4n) is 1.84. The molecular formula is C12H25NO2. The van der Waals surface area contributed by atoms with Gasteiger partial charge in [0.1, 0.15) is 0 Å². The molecule has 0 aromatic heterocycles. The van der Waals surface area contributed by atoms with E-state index in [2.05, 4.69) is 11.8 Å². The van der Waals surface area contributed by atoms with Crippen LogP contribution in [0.1, 0.15) is 46.5 Å². The lowest BCUT2D eigenvalue weighted by atomic mass is 9.98. The summed E-state index contributed by atoms with van der Waals surface area (Å²) in [5.41, 5.74) is 0. The maximum absolute atomic E-state index is 10.7. The maximum Gasteiger partial charge on any atom is 0.307 e. The number of carboxylic acid groups (broad SMARTS) is 1. The van der Waals surface area contributed by atoms with Gasteiger partial charge in [0.15, 0.2) is 0 Å². The molecule has 1 atom stereocenters. The third kappa shape index (κ3) is 5.78. The molecule has 0 bridgehead atoms. The highest BCUT2D eigenvalue weighted by atomic mass is 16.4. The Hall–Kier alpha value is -0.570. The maximum atomic E-state index is 10.7. The van der Waals surface area contributed by atoms with Gasteiger partial charge in [-0.1, -0.05) is 27.2 Å². The van der Waals surface area contributed by atoms with Crippen molar-refractivity contribution in [3.8, 4) is 0 Å². The molecule has 0 saturated carbocycles. The predicted molar refractivity (Wildman–Crippen MR) is 63.1 cm³/mol. The van der Waals surface area contributed by atoms with Crippen LogP contribution in [0.5, 0.6) is 0 Å². The Kier molecular flexibility index (Phi) is 8.38. The van der Waals surface area contributed by atoms with Gasteiger partial charge in [-0.05, 0) is 32.4 Å². The highest BCUT2D eigenvalue weighted by Crippen LogP contribution is 2.16. The molecule has 0 aromatic rings. The number of unbranched alkanes of at least 4 members (excludes halogenated alkanes) is 1. The molecule has 1 N–H and O–H groups in total. The molecule has 0 aliphatic carbocycles. The van der Waals surface area contributed by atoms with E-state index in [1.165, 1.54) is 12.8 Å². The van der Waals surface area contributed by atoms with Gasteiger partial charge in [-0.3, -0.25) is 4.79 Å². The van der Waals surface area contributed by atoms with Crippen molar-refractivity contribution in [1.82, 2.24) is 4.90 Å². The summed E-state index contributed by atoms with van der Waals surface area (Å²) >= 11 is 0. The van der Waals surface area contributed by atoms with Gasteiger partial charge in [0.25, 0.3) is 0 Å². The highest BCUT2D eigenvalue weighted by Gasteiger charge is 2.24. The molecule has 1 unspecified atom stereocenters. The van der Waals surface area contributed by atoms with E-state index in [-0.39, 0.29) is 5.92 Å². The van der Waals surface area contributed by atoms with Gasteiger partial charge < -0.3 is 10.0 Å². The normalized spacial score (nSPS) is 21.7. The van der Waals surface area contributed by atoms with Gasteiger partial charge in [0, 0.05) is 6.54 Å². The van der Waals surface area contributed by atoms with Gasteiger partial charge >= 0.3 is 5.97 Å². The lowest BCUT2D eigenvalue weighted by molar-refractivity contribution is -0.143. The summed E-state index contributed by atoms with van der Waals surface area (Å²) in [6.45, 7) is 9.08. The molecule has 0 amide bonds. The van der Waals surface area contributed by atoms with Crippen LogP contribution in [0.25, 0.3) is 0 Å². The van der Waals surface area contributed by atoms with Crippen molar-refractivity contribution in [3.05, 3.63) is 0 Å². The zero-order valence-corrected chi connectivity index (χ0v) is 10.3. The van der Waals surface area contributed by atoms with Crippen molar-refractivity contribution in [3.63, 3.8) is 0 Å². The van der Waals surface area contributed by atoms with Crippen molar-refractivity contribution in [2.75, 3.05) is 19.6 Å². The Morgan fingerprint density at radius 2 is 2.13 bits per heavy atom. The number of carbonyl (C=O) groups is 1. The molecule has 1 aliphatic heterocycles. The van der Waals surface area contributed by atoms with E-state index in [1.54, 1.807) is 0 Å². The van der Waals surface area contributed by atoms with Crippen molar-refractivity contribution in [2.24, 2.45) is 5.92 Å². The first-order valence-corrected chi connectivity index (χ1v) is 6.19. The Labute approximate surface area is 93.5 Å². The second-order valence-corrected chi connectivity index (χ2v) is 3.83. The minimum absolute atomic E-state index is 0.120. The number of carboxylic acids is 1. The van der Waals surface area contributed by atoms with Gasteiger partial charge in [0.2, 0.25) is 0 Å². The first-order chi connectivity index (χ1) is 7.24. The minimum Gasteiger partial charge on any atom is -0.481 e. The average Bonchev–Trinajstić information content (AvgIpc) is 2.29. The molecule has 1 heterocycles. The van der Waals surface area contributed by atoms with Gasteiger partial charge in [-0.2, -0.15) is 0 Å². The molecule has 0 spiro atoms. The Balaban J connectivity index is 0.000000921. The molecule has 90 valence electrons. The number of likely N-dealkylation sites (tertiary alicyclic amines) is 1. The monoisotopic (exact) mass is 215 g/mol. The van der Waals surface area contributed by atoms with E-state index in [4.69, 9.17) is 5.11 Å². The Morgan fingerprint density at radius 1 is 1.47 bits per heavy atom. The SMILES string of the molecule is CC.CCCCN1CCCC(C(=O)O)C1. The van der Waals surface area contributed by atoms with Gasteiger partial charge in [-0.25, -0.2) is 0 Å². The lowest BCUT2D eigenvalue weighted by Crippen LogP contribution is -2.39. The van der Waals surface area contributed by atoms with E-state index in [9.17, 15) is 4.79 Å². The summed E-state index contributed by atoms with van der Waals surface area (Å²) in [5, 5.41) is 8.85. The number of aliphatic carboxylic acids is 1. The van der Waals surface area contributed by atoms with Crippen LogP contribution in [0.4, 0.5) is 0 Å². The van der Waals surface area contributed by atoms with Crippen LogP contribution < -0.4 is 0 Å². The van der Waals surface area contributed by atoms with E-state index in [0.717, 1.165) is 32.5 Å². The quantitative estimate of drug-likeness (QED) is 0.783. The molecule has 1 fully saturated rings. The standard InChI is InChI=1S/C10H19NO2.C2H6/c1-2-3-6-11-7-4-5-9(8-11)10(12)13;1-2/h9H,2-8H2,1H3,(H,12,13);1-2H3.